The summed E-state index contributed by atoms with van der Waals surface area (Å²) >= 11 is 5.97. The third-order valence-corrected chi connectivity index (χ3v) is 5.61. The summed E-state index contributed by atoms with van der Waals surface area (Å²) < 4.78 is 22.9. The number of halogens is 1. The highest BCUT2D eigenvalue weighted by Gasteiger charge is 2.34. The Labute approximate surface area is 123 Å². The van der Waals surface area contributed by atoms with E-state index in [-0.39, 0.29) is 30.0 Å². The van der Waals surface area contributed by atoms with E-state index in [0.29, 0.717) is 17.1 Å². The van der Waals surface area contributed by atoms with Crippen LogP contribution in [-0.4, -0.2) is 45.5 Å². The molecule has 1 fully saturated rings. The van der Waals surface area contributed by atoms with E-state index in [1.165, 1.54) is 0 Å². The molecule has 1 aromatic rings. The summed E-state index contributed by atoms with van der Waals surface area (Å²) in [6, 6.07) is 7.02. The lowest BCUT2D eigenvalue weighted by atomic mass is 10.2. The van der Waals surface area contributed by atoms with E-state index in [2.05, 4.69) is 5.32 Å². The Kier molecular flexibility index (Phi) is 4.67. The second kappa shape index (κ2) is 6.11. The molecule has 5 nitrogen and oxygen atoms in total. The highest BCUT2D eigenvalue weighted by Crippen LogP contribution is 2.19. The van der Waals surface area contributed by atoms with Gasteiger partial charge in [-0.1, -0.05) is 23.7 Å². The van der Waals surface area contributed by atoms with Crippen molar-refractivity contribution in [3.8, 4) is 0 Å². The van der Waals surface area contributed by atoms with Crippen molar-refractivity contribution < 1.29 is 18.1 Å². The maximum atomic E-state index is 12.0. The molecule has 0 aromatic heterocycles. The SMILES string of the molecule is C[NH+](CC(=O)Nc1ccccc1Cl)[C@H]1CCS(=O)(=O)C1. The molecule has 1 amide bonds. The molecule has 20 heavy (non-hydrogen) atoms. The lowest BCUT2D eigenvalue weighted by Gasteiger charge is -2.19. The molecular weight excluding hydrogens is 300 g/mol. The molecule has 0 radical (unpaired) electrons. The van der Waals surface area contributed by atoms with Crippen LogP contribution in [0.5, 0.6) is 0 Å². The van der Waals surface area contributed by atoms with Gasteiger partial charge in [0.15, 0.2) is 16.4 Å². The average Bonchev–Trinajstić information content (AvgIpc) is 2.73. The van der Waals surface area contributed by atoms with Crippen molar-refractivity contribution in [3.63, 3.8) is 0 Å². The van der Waals surface area contributed by atoms with Gasteiger partial charge in [0, 0.05) is 6.42 Å². The highest BCUT2D eigenvalue weighted by atomic mass is 35.5. The van der Waals surface area contributed by atoms with Gasteiger partial charge in [-0.15, -0.1) is 0 Å². The molecule has 0 spiro atoms. The molecular formula is C13H18ClN2O3S+. The van der Waals surface area contributed by atoms with Gasteiger partial charge in [-0.25, -0.2) is 8.42 Å². The van der Waals surface area contributed by atoms with Gasteiger partial charge in [-0.05, 0) is 12.1 Å². The average molecular weight is 318 g/mol. The molecule has 110 valence electrons. The van der Waals surface area contributed by atoms with Crippen LogP contribution in [0.3, 0.4) is 0 Å². The topological polar surface area (TPSA) is 67.7 Å². The van der Waals surface area contributed by atoms with Crippen molar-refractivity contribution in [1.82, 2.24) is 0 Å². The molecule has 0 saturated carbocycles. The highest BCUT2D eigenvalue weighted by molar-refractivity contribution is 7.91. The summed E-state index contributed by atoms with van der Waals surface area (Å²) in [4.78, 5) is 12.9. The number of amides is 1. The minimum absolute atomic E-state index is 0.00278. The number of hydrogen-bond acceptors (Lipinski definition) is 3. The number of carbonyl (C=O) groups is 1. The van der Waals surface area contributed by atoms with E-state index in [4.69, 9.17) is 11.6 Å². The van der Waals surface area contributed by atoms with Gasteiger partial charge in [0.05, 0.1) is 23.5 Å². The summed E-state index contributed by atoms with van der Waals surface area (Å²) in [5, 5.41) is 3.23. The summed E-state index contributed by atoms with van der Waals surface area (Å²) in [5.41, 5.74) is 0.575. The first-order valence-corrected chi connectivity index (χ1v) is 8.64. The standard InChI is InChI=1S/C13H17ClN2O3S/c1-16(10-6-7-20(18,19)9-10)8-13(17)15-12-5-3-2-4-11(12)14/h2-5,10H,6-9H2,1H3,(H,15,17)/p+1/t10-/m0/s1. The van der Waals surface area contributed by atoms with Crippen molar-refractivity contribution in [3.05, 3.63) is 29.3 Å². The zero-order chi connectivity index (χ0) is 14.8. The van der Waals surface area contributed by atoms with Gasteiger partial charge in [0.1, 0.15) is 11.8 Å². The first kappa shape index (κ1) is 15.3. The normalized spacial score (nSPS) is 22.4. The lowest BCUT2D eigenvalue weighted by Crippen LogP contribution is -3.14. The van der Waals surface area contributed by atoms with Crippen molar-refractivity contribution in [1.29, 1.82) is 0 Å². The third-order valence-electron chi connectivity index (χ3n) is 3.52. The first-order chi connectivity index (χ1) is 9.37. The van der Waals surface area contributed by atoms with Crippen LogP contribution in [0.15, 0.2) is 24.3 Å². The molecule has 2 rings (SSSR count). The predicted molar refractivity (Wildman–Crippen MR) is 78.9 cm³/mol. The van der Waals surface area contributed by atoms with Gasteiger partial charge in [0.25, 0.3) is 5.91 Å². The summed E-state index contributed by atoms with van der Waals surface area (Å²) in [6.45, 7) is 0.228. The third kappa shape index (κ3) is 3.94. The van der Waals surface area contributed by atoms with E-state index < -0.39 is 9.84 Å². The van der Waals surface area contributed by atoms with E-state index in [1.807, 2.05) is 7.05 Å². The summed E-state index contributed by atoms with van der Waals surface area (Å²) in [7, 11) is -1.07. The van der Waals surface area contributed by atoms with Crippen LogP contribution < -0.4 is 10.2 Å². The molecule has 2 atom stereocenters. The zero-order valence-corrected chi connectivity index (χ0v) is 12.8. The minimum Gasteiger partial charge on any atom is -0.326 e. The fraction of sp³-hybridized carbons (Fsp3) is 0.462. The van der Waals surface area contributed by atoms with Crippen molar-refractivity contribution in [2.24, 2.45) is 0 Å². The van der Waals surface area contributed by atoms with Crippen LogP contribution in [-0.2, 0) is 14.6 Å². The monoisotopic (exact) mass is 317 g/mol. The molecule has 1 aliphatic rings. The van der Waals surface area contributed by atoms with E-state index in [0.717, 1.165) is 4.90 Å². The van der Waals surface area contributed by atoms with Crippen LogP contribution in [0, 0.1) is 0 Å². The van der Waals surface area contributed by atoms with Crippen molar-refractivity contribution in [2.75, 3.05) is 30.4 Å². The number of hydrogen-bond donors (Lipinski definition) is 2. The van der Waals surface area contributed by atoms with Crippen molar-refractivity contribution in [2.45, 2.75) is 12.5 Å². The van der Waals surface area contributed by atoms with Crippen LogP contribution >= 0.6 is 11.6 Å². The predicted octanol–water partition coefficient (Wildman–Crippen LogP) is -0.0197. The van der Waals surface area contributed by atoms with Gasteiger partial charge < -0.3 is 10.2 Å². The second-order valence-corrected chi connectivity index (χ2v) is 7.79. The van der Waals surface area contributed by atoms with Crippen molar-refractivity contribution >= 4 is 33.0 Å². The van der Waals surface area contributed by atoms with E-state index >= 15 is 0 Å². The molecule has 1 heterocycles. The largest absolute Gasteiger partial charge is 0.326 e. The number of quaternary nitrogens is 1. The quantitative estimate of drug-likeness (QED) is 0.820. The number of likely N-dealkylation sites (N-methyl/N-ethyl adjacent to an activating group) is 1. The Bertz CT molecular complexity index is 603. The second-order valence-electron chi connectivity index (χ2n) is 5.15. The van der Waals surface area contributed by atoms with Gasteiger partial charge in [0.2, 0.25) is 0 Å². The number of sulfone groups is 1. The smallest absolute Gasteiger partial charge is 0.279 e. The number of benzene rings is 1. The molecule has 0 bridgehead atoms. The Morgan fingerprint density at radius 3 is 2.75 bits per heavy atom. The Morgan fingerprint density at radius 2 is 2.15 bits per heavy atom. The number of nitrogens with one attached hydrogen (secondary N) is 2. The van der Waals surface area contributed by atoms with Gasteiger partial charge in [-0.3, -0.25) is 4.79 Å². The minimum atomic E-state index is -2.92. The molecule has 2 N–H and O–H groups in total. The fourth-order valence-electron chi connectivity index (χ4n) is 2.34. The molecule has 1 aliphatic heterocycles. The molecule has 7 heteroatoms. The van der Waals surface area contributed by atoms with Crippen LogP contribution in [0.4, 0.5) is 5.69 Å². The molecule has 0 aliphatic carbocycles. The fourth-order valence-corrected chi connectivity index (χ4v) is 4.40. The number of para-hydroxylation sites is 1. The van der Waals surface area contributed by atoms with E-state index in [9.17, 15) is 13.2 Å². The summed E-state index contributed by atoms with van der Waals surface area (Å²) in [5.74, 6) is 0.221. The molecule has 1 aromatic carbocycles. The maximum absolute atomic E-state index is 12.0. The molecule has 1 unspecified atom stereocenters. The Hall–Kier alpha value is -1.11. The van der Waals surface area contributed by atoms with Gasteiger partial charge >= 0.3 is 0 Å². The number of carbonyl (C=O) groups excluding carboxylic acids is 1. The van der Waals surface area contributed by atoms with Crippen LogP contribution in [0.25, 0.3) is 0 Å². The lowest BCUT2D eigenvalue weighted by molar-refractivity contribution is -0.894. The Balaban J connectivity index is 1.90. The van der Waals surface area contributed by atoms with E-state index in [1.54, 1.807) is 24.3 Å². The molecule has 1 saturated heterocycles. The van der Waals surface area contributed by atoms with Gasteiger partial charge in [-0.2, -0.15) is 0 Å². The zero-order valence-electron chi connectivity index (χ0n) is 11.2. The van der Waals surface area contributed by atoms with Crippen LogP contribution in [0.2, 0.25) is 5.02 Å². The van der Waals surface area contributed by atoms with Crippen LogP contribution in [0.1, 0.15) is 6.42 Å². The first-order valence-electron chi connectivity index (χ1n) is 6.44. The summed E-state index contributed by atoms with van der Waals surface area (Å²) in [6.07, 6.45) is 0.619. The number of rotatable bonds is 4. The Morgan fingerprint density at radius 1 is 1.45 bits per heavy atom. The maximum Gasteiger partial charge on any atom is 0.279 e. The number of anilines is 1.